The number of alkyl halides is 6. The molecule has 1 aliphatic heterocycles. The van der Waals surface area contributed by atoms with E-state index in [9.17, 15) is 35.9 Å². The Morgan fingerprint density at radius 3 is 2.42 bits per heavy atom. The summed E-state index contributed by atoms with van der Waals surface area (Å²) in [6, 6.07) is 2.76. The minimum atomic E-state index is -4.68. The number of nitrogens with one attached hydrogen (secondary N) is 1. The standard InChI is InChI=1S/C23H31F6N3O4/c24-22(25,26)14-35-17-8-9-19(36-15-23(27,28)29)18(12-17)21(34)31-13-16-6-5-7-20(30)32(16)10-3-1-2-4-11-33/h8-9,11-12,16,20H,1-7,10,13-15,30H2,(H,31,34). The first kappa shape index (κ1) is 29.7. The number of ether oxygens (including phenoxy) is 2. The highest BCUT2D eigenvalue weighted by Gasteiger charge is 2.31. The average molecular weight is 528 g/mol. The quantitative estimate of drug-likeness (QED) is 0.227. The average Bonchev–Trinajstić information content (AvgIpc) is 2.80. The molecule has 0 aliphatic carbocycles. The number of likely N-dealkylation sites (tertiary alicyclic amines) is 1. The van der Waals surface area contributed by atoms with Crippen molar-refractivity contribution in [3.05, 3.63) is 23.8 Å². The Morgan fingerprint density at radius 2 is 1.75 bits per heavy atom. The van der Waals surface area contributed by atoms with Gasteiger partial charge in [0.25, 0.3) is 5.91 Å². The van der Waals surface area contributed by atoms with Gasteiger partial charge in [-0.1, -0.05) is 6.42 Å². The molecule has 1 heterocycles. The van der Waals surface area contributed by atoms with Crippen LogP contribution in [0.3, 0.4) is 0 Å². The number of piperidine rings is 1. The normalized spacial score (nSPS) is 19.1. The zero-order valence-electron chi connectivity index (χ0n) is 19.7. The van der Waals surface area contributed by atoms with Crippen LogP contribution in [0, 0.1) is 0 Å². The number of hydrogen-bond acceptors (Lipinski definition) is 6. The van der Waals surface area contributed by atoms with Crippen LogP contribution < -0.4 is 20.5 Å². The van der Waals surface area contributed by atoms with E-state index in [0.29, 0.717) is 13.0 Å². The number of carbonyl (C=O) groups excluding carboxylic acids is 2. The van der Waals surface area contributed by atoms with Gasteiger partial charge in [-0.05, 0) is 56.8 Å². The number of nitrogens with zero attached hydrogens (tertiary/aromatic N) is 1. The van der Waals surface area contributed by atoms with E-state index in [-0.39, 0.29) is 30.1 Å². The number of benzene rings is 1. The molecule has 2 unspecified atom stereocenters. The second kappa shape index (κ2) is 13.7. The van der Waals surface area contributed by atoms with Gasteiger partial charge in [0.05, 0.1) is 11.7 Å². The molecule has 1 saturated heterocycles. The molecule has 13 heteroatoms. The van der Waals surface area contributed by atoms with Crippen molar-refractivity contribution in [2.75, 3.05) is 26.3 Å². The number of hydrogen-bond donors (Lipinski definition) is 2. The molecule has 1 aromatic rings. The fourth-order valence-corrected chi connectivity index (χ4v) is 3.96. The highest BCUT2D eigenvalue weighted by Crippen LogP contribution is 2.28. The van der Waals surface area contributed by atoms with Crippen molar-refractivity contribution in [3.63, 3.8) is 0 Å². The zero-order chi connectivity index (χ0) is 26.8. The van der Waals surface area contributed by atoms with Gasteiger partial charge in [0.15, 0.2) is 13.2 Å². The molecular formula is C23H31F6N3O4. The first-order valence-electron chi connectivity index (χ1n) is 11.7. The third kappa shape index (κ3) is 10.6. The number of amides is 1. The van der Waals surface area contributed by atoms with Gasteiger partial charge < -0.3 is 25.3 Å². The first-order valence-corrected chi connectivity index (χ1v) is 11.7. The van der Waals surface area contributed by atoms with Crippen LogP contribution in [0.25, 0.3) is 0 Å². The van der Waals surface area contributed by atoms with Crippen LogP contribution in [-0.4, -0.2) is 68.0 Å². The van der Waals surface area contributed by atoms with Crippen molar-refractivity contribution >= 4 is 12.2 Å². The molecule has 2 atom stereocenters. The molecule has 1 amide bonds. The lowest BCUT2D eigenvalue weighted by Crippen LogP contribution is -2.55. The Bertz CT molecular complexity index is 850. The summed E-state index contributed by atoms with van der Waals surface area (Å²) in [5, 5.41) is 2.65. The maximum absolute atomic E-state index is 12.9. The van der Waals surface area contributed by atoms with E-state index in [0.717, 1.165) is 63.0 Å². The summed E-state index contributed by atoms with van der Waals surface area (Å²) in [5.74, 6) is -1.58. The predicted molar refractivity (Wildman–Crippen MR) is 119 cm³/mol. The Balaban J connectivity index is 2.09. The molecular weight excluding hydrogens is 496 g/mol. The van der Waals surface area contributed by atoms with Gasteiger partial charge >= 0.3 is 12.4 Å². The lowest BCUT2D eigenvalue weighted by atomic mass is 9.98. The monoisotopic (exact) mass is 527 g/mol. The summed E-state index contributed by atoms with van der Waals surface area (Å²) in [7, 11) is 0. The Labute approximate surface area is 205 Å². The maximum Gasteiger partial charge on any atom is 0.422 e. The summed E-state index contributed by atoms with van der Waals surface area (Å²) in [6.07, 6.45) is -3.46. The third-order valence-electron chi connectivity index (χ3n) is 5.66. The van der Waals surface area contributed by atoms with E-state index in [2.05, 4.69) is 15.0 Å². The second-order valence-electron chi connectivity index (χ2n) is 8.58. The molecule has 1 fully saturated rings. The fraction of sp³-hybridized carbons (Fsp3) is 0.652. The summed E-state index contributed by atoms with van der Waals surface area (Å²) in [4.78, 5) is 25.4. The lowest BCUT2D eigenvalue weighted by molar-refractivity contribution is -0.154. The van der Waals surface area contributed by atoms with Crippen LogP contribution in [0.15, 0.2) is 18.2 Å². The van der Waals surface area contributed by atoms with Gasteiger partial charge in [-0.3, -0.25) is 9.69 Å². The van der Waals surface area contributed by atoms with Crippen LogP contribution in [0.4, 0.5) is 26.3 Å². The molecule has 1 aliphatic rings. The van der Waals surface area contributed by atoms with Crippen LogP contribution in [0.1, 0.15) is 55.3 Å². The zero-order valence-corrected chi connectivity index (χ0v) is 19.7. The third-order valence-corrected chi connectivity index (χ3v) is 5.66. The van der Waals surface area contributed by atoms with Crippen LogP contribution in [-0.2, 0) is 4.79 Å². The van der Waals surface area contributed by atoms with E-state index >= 15 is 0 Å². The first-order chi connectivity index (χ1) is 16.9. The van der Waals surface area contributed by atoms with Gasteiger partial charge in [0.2, 0.25) is 0 Å². The lowest BCUT2D eigenvalue weighted by Gasteiger charge is -2.40. The van der Waals surface area contributed by atoms with Gasteiger partial charge in [0.1, 0.15) is 17.8 Å². The molecule has 7 nitrogen and oxygen atoms in total. The smallest absolute Gasteiger partial charge is 0.422 e. The van der Waals surface area contributed by atoms with Crippen molar-refractivity contribution in [2.45, 2.75) is 69.5 Å². The van der Waals surface area contributed by atoms with Gasteiger partial charge in [-0.25, -0.2) is 0 Å². The van der Waals surface area contributed by atoms with Crippen LogP contribution >= 0.6 is 0 Å². The van der Waals surface area contributed by atoms with E-state index < -0.39 is 37.2 Å². The van der Waals surface area contributed by atoms with E-state index in [4.69, 9.17) is 10.5 Å². The van der Waals surface area contributed by atoms with Crippen molar-refractivity contribution in [3.8, 4) is 11.5 Å². The van der Waals surface area contributed by atoms with Gasteiger partial charge in [-0.15, -0.1) is 0 Å². The molecule has 3 N–H and O–H groups in total. The number of carbonyl (C=O) groups is 2. The van der Waals surface area contributed by atoms with Crippen LogP contribution in [0.5, 0.6) is 11.5 Å². The SMILES string of the molecule is NC1CCCC(CNC(=O)c2cc(OCC(F)(F)F)ccc2OCC(F)(F)F)N1CCCCCC=O. The Kier molecular flexibility index (Phi) is 11.3. The summed E-state index contributed by atoms with van der Waals surface area (Å²) < 4.78 is 84.7. The topological polar surface area (TPSA) is 93.9 Å². The highest BCUT2D eigenvalue weighted by molar-refractivity contribution is 5.97. The van der Waals surface area contributed by atoms with E-state index in [1.54, 1.807) is 0 Å². The van der Waals surface area contributed by atoms with Crippen molar-refractivity contribution in [1.29, 1.82) is 0 Å². The highest BCUT2D eigenvalue weighted by atomic mass is 19.4. The molecule has 1 aromatic carbocycles. The minimum Gasteiger partial charge on any atom is -0.484 e. The summed E-state index contributed by atoms with van der Waals surface area (Å²) >= 11 is 0. The van der Waals surface area contributed by atoms with Crippen molar-refractivity contribution < 1.29 is 45.4 Å². The minimum absolute atomic E-state index is 0.132. The Hall–Kier alpha value is -2.54. The number of unbranched alkanes of at least 4 members (excludes halogenated alkanes) is 3. The van der Waals surface area contributed by atoms with Crippen molar-refractivity contribution in [2.24, 2.45) is 5.73 Å². The fourth-order valence-electron chi connectivity index (χ4n) is 3.96. The van der Waals surface area contributed by atoms with Gasteiger partial charge in [-0.2, -0.15) is 26.3 Å². The number of nitrogens with two attached hydrogens (primary N) is 1. The van der Waals surface area contributed by atoms with Gasteiger partial charge in [0, 0.05) is 19.0 Å². The molecule has 0 aromatic heterocycles. The van der Waals surface area contributed by atoms with Crippen molar-refractivity contribution in [1.82, 2.24) is 10.2 Å². The number of aldehydes is 1. The molecule has 0 spiro atoms. The predicted octanol–water partition coefficient (Wildman–Crippen LogP) is 4.20. The largest absolute Gasteiger partial charge is 0.484 e. The van der Waals surface area contributed by atoms with E-state index in [1.165, 1.54) is 0 Å². The number of rotatable bonds is 13. The maximum atomic E-state index is 12.9. The number of halogens is 6. The molecule has 0 saturated carbocycles. The van der Waals surface area contributed by atoms with E-state index in [1.807, 2.05) is 0 Å². The Morgan fingerprint density at radius 1 is 1.06 bits per heavy atom. The summed E-state index contributed by atoms with van der Waals surface area (Å²) in [5.41, 5.74) is 5.87. The second-order valence-corrected chi connectivity index (χ2v) is 8.58. The molecule has 204 valence electrons. The molecule has 0 bridgehead atoms. The molecule has 0 radical (unpaired) electrons. The van der Waals surface area contributed by atoms with Crippen LogP contribution in [0.2, 0.25) is 0 Å². The molecule has 36 heavy (non-hydrogen) atoms. The summed E-state index contributed by atoms with van der Waals surface area (Å²) in [6.45, 7) is -2.52. The molecule has 2 rings (SSSR count).